The molecular weight excluding hydrogens is 303 g/mol. The number of hydrogen-bond donors (Lipinski definition) is 1. The molecule has 0 radical (unpaired) electrons. The second-order valence-corrected chi connectivity index (χ2v) is 11.0. The van der Waals surface area contributed by atoms with Crippen molar-refractivity contribution >= 4 is 24.2 Å². The SMILES string of the molecule is CO[Si](C)(C)CC(C)CC(=O)NS(=O)(=O)C(F)(F)F. The summed E-state index contributed by atoms with van der Waals surface area (Å²) in [5.41, 5.74) is -5.48. The van der Waals surface area contributed by atoms with Gasteiger partial charge in [-0.1, -0.05) is 6.92 Å². The number of alkyl halides is 3. The number of halogens is 3. The predicted molar refractivity (Wildman–Crippen MR) is 66.2 cm³/mol. The van der Waals surface area contributed by atoms with E-state index in [9.17, 15) is 26.4 Å². The maximum Gasteiger partial charge on any atom is 0.516 e. The second kappa shape index (κ2) is 6.22. The molecule has 0 aliphatic heterocycles. The molecule has 1 amide bonds. The van der Waals surface area contributed by atoms with Gasteiger partial charge in [0.1, 0.15) is 0 Å². The van der Waals surface area contributed by atoms with Gasteiger partial charge in [0.15, 0.2) is 8.32 Å². The lowest BCUT2D eigenvalue weighted by Gasteiger charge is -2.23. The number of rotatable bonds is 6. The number of carbonyl (C=O) groups is 1. The third-order valence-electron chi connectivity index (χ3n) is 2.48. The molecule has 0 spiro atoms. The smallest absolute Gasteiger partial charge is 0.420 e. The van der Waals surface area contributed by atoms with Crippen LogP contribution in [0.5, 0.6) is 0 Å². The van der Waals surface area contributed by atoms with E-state index in [2.05, 4.69) is 0 Å². The Morgan fingerprint density at radius 3 is 2.21 bits per heavy atom. The first-order valence-corrected chi connectivity index (χ1v) is 10.1. The van der Waals surface area contributed by atoms with Crippen molar-refractivity contribution < 1.29 is 30.8 Å². The van der Waals surface area contributed by atoms with E-state index in [0.717, 1.165) is 4.72 Å². The van der Waals surface area contributed by atoms with Gasteiger partial charge in [-0.05, 0) is 25.1 Å². The van der Waals surface area contributed by atoms with Gasteiger partial charge in [-0.2, -0.15) is 21.6 Å². The van der Waals surface area contributed by atoms with Gasteiger partial charge in [-0.15, -0.1) is 0 Å². The highest BCUT2D eigenvalue weighted by Gasteiger charge is 2.47. The molecular formula is C9H18F3NO4SSi. The summed E-state index contributed by atoms with van der Waals surface area (Å²) < 4.78 is 63.8. The molecule has 1 unspecified atom stereocenters. The third kappa shape index (κ3) is 6.39. The summed E-state index contributed by atoms with van der Waals surface area (Å²) in [6.07, 6.45) is -0.297. The average Bonchev–Trinajstić information content (AvgIpc) is 2.13. The highest BCUT2D eigenvalue weighted by atomic mass is 32.2. The topological polar surface area (TPSA) is 72.5 Å². The van der Waals surface area contributed by atoms with E-state index < -0.39 is 29.8 Å². The highest BCUT2D eigenvalue weighted by Crippen LogP contribution is 2.23. The van der Waals surface area contributed by atoms with Crippen LogP contribution in [0.4, 0.5) is 13.2 Å². The van der Waals surface area contributed by atoms with Crippen LogP contribution in [0.25, 0.3) is 0 Å². The van der Waals surface area contributed by atoms with Crippen molar-refractivity contribution in [1.82, 2.24) is 4.72 Å². The molecule has 0 saturated heterocycles. The minimum atomic E-state index is -5.61. The molecule has 0 heterocycles. The fourth-order valence-electron chi connectivity index (χ4n) is 1.56. The minimum Gasteiger partial charge on any atom is -0.420 e. The molecule has 0 fully saturated rings. The molecule has 0 aromatic heterocycles. The van der Waals surface area contributed by atoms with Gasteiger partial charge in [0.2, 0.25) is 5.91 Å². The predicted octanol–water partition coefficient (Wildman–Crippen LogP) is 1.83. The quantitative estimate of drug-likeness (QED) is 0.758. The average molecular weight is 321 g/mol. The van der Waals surface area contributed by atoms with Crippen LogP contribution < -0.4 is 4.72 Å². The van der Waals surface area contributed by atoms with Crippen LogP contribution >= 0.6 is 0 Å². The van der Waals surface area contributed by atoms with E-state index >= 15 is 0 Å². The van der Waals surface area contributed by atoms with Crippen LogP contribution in [0.15, 0.2) is 0 Å². The third-order valence-corrected chi connectivity index (χ3v) is 6.37. The molecule has 0 rings (SSSR count). The Bertz CT molecular complexity index is 422. The van der Waals surface area contributed by atoms with Crippen molar-refractivity contribution in [2.24, 2.45) is 5.92 Å². The Labute approximate surface area is 111 Å². The van der Waals surface area contributed by atoms with Gasteiger partial charge >= 0.3 is 15.5 Å². The van der Waals surface area contributed by atoms with Gasteiger partial charge in [-0.3, -0.25) is 4.79 Å². The summed E-state index contributed by atoms with van der Waals surface area (Å²) in [5, 5.41) is 0. The van der Waals surface area contributed by atoms with E-state index in [1.165, 1.54) is 7.11 Å². The number of sulfonamides is 1. The molecule has 5 nitrogen and oxygen atoms in total. The fraction of sp³-hybridized carbons (Fsp3) is 0.889. The summed E-state index contributed by atoms with van der Waals surface area (Å²) in [4.78, 5) is 11.3. The summed E-state index contributed by atoms with van der Waals surface area (Å²) in [6, 6.07) is 0.545. The molecule has 0 saturated carbocycles. The van der Waals surface area contributed by atoms with Crippen LogP contribution in [0, 0.1) is 5.92 Å². The van der Waals surface area contributed by atoms with Crippen molar-refractivity contribution in [3.8, 4) is 0 Å². The zero-order valence-electron chi connectivity index (χ0n) is 11.2. The maximum absolute atomic E-state index is 12.0. The number of nitrogens with one attached hydrogen (secondary N) is 1. The number of hydrogen-bond acceptors (Lipinski definition) is 4. The summed E-state index contributed by atoms with van der Waals surface area (Å²) in [5.74, 6) is -1.42. The van der Waals surface area contributed by atoms with Gasteiger partial charge in [0.05, 0.1) is 0 Å². The van der Waals surface area contributed by atoms with E-state index in [4.69, 9.17) is 4.43 Å². The van der Waals surface area contributed by atoms with E-state index in [1.54, 1.807) is 6.92 Å². The molecule has 0 aliphatic rings. The standard InChI is InChI=1S/C9H18F3NO4SSi/c1-7(6-19(3,4)17-2)5-8(14)13-18(15,16)9(10,11)12/h7H,5-6H2,1-4H3,(H,13,14). The number of amides is 1. The zero-order valence-corrected chi connectivity index (χ0v) is 13.0. The summed E-state index contributed by atoms with van der Waals surface area (Å²) in [7, 11) is -6.03. The first-order valence-electron chi connectivity index (χ1n) is 5.48. The molecule has 19 heavy (non-hydrogen) atoms. The maximum atomic E-state index is 12.0. The van der Waals surface area contributed by atoms with Crippen LogP contribution in [-0.4, -0.2) is 35.3 Å². The molecule has 10 heteroatoms. The molecule has 0 aromatic rings. The van der Waals surface area contributed by atoms with Crippen molar-refractivity contribution in [2.45, 2.75) is 38.0 Å². The first kappa shape index (κ1) is 18.4. The van der Waals surface area contributed by atoms with Gasteiger partial charge in [0.25, 0.3) is 0 Å². The molecule has 0 aromatic carbocycles. The van der Waals surface area contributed by atoms with E-state index in [1.807, 2.05) is 13.1 Å². The lowest BCUT2D eigenvalue weighted by molar-refractivity contribution is -0.120. The summed E-state index contributed by atoms with van der Waals surface area (Å²) in [6.45, 7) is 5.45. The fourth-order valence-corrected chi connectivity index (χ4v) is 4.05. The monoisotopic (exact) mass is 321 g/mol. The molecule has 1 atom stereocenters. The second-order valence-electron chi connectivity index (χ2n) is 4.95. The highest BCUT2D eigenvalue weighted by molar-refractivity contribution is 7.90. The largest absolute Gasteiger partial charge is 0.516 e. The Hall–Kier alpha value is -0.613. The summed E-state index contributed by atoms with van der Waals surface area (Å²) >= 11 is 0. The lowest BCUT2D eigenvalue weighted by atomic mass is 10.1. The Morgan fingerprint density at radius 1 is 1.37 bits per heavy atom. The van der Waals surface area contributed by atoms with Crippen LogP contribution in [-0.2, 0) is 19.2 Å². The Kier molecular flexibility index (Phi) is 6.02. The van der Waals surface area contributed by atoms with Crippen molar-refractivity contribution in [3.05, 3.63) is 0 Å². The molecule has 0 bridgehead atoms. The molecule has 1 N–H and O–H groups in total. The zero-order chi connectivity index (χ0) is 15.5. The number of carbonyl (C=O) groups excluding carboxylic acids is 1. The van der Waals surface area contributed by atoms with Crippen LogP contribution in [0.3, 0.4) is 0 Å². The molecule has 114 valence electrons. The van der Waals surface area contributed by atoms with E-state index in [0.29, 0.717) is 6.04 Å². The minimum absolute atomic E-state index is 0.259. The van der Waals surface area contributed by atoms with E-state index in [-0.39, 0.29) is 12.3 Å². The lowest BCUT2D eigenvalue weighted by Crippen LogP contribution is -2.41. The van der Waals surface area contributed by atoms with Crippen LogP contribution in [0.2, 0.25) is 19.1 Å². The first-order chi connectivity index (χ1) is 8.31. The van der Waals surface area contributed by atoms with Crippen molar-refractivity contribution in [3.63, 3.8) is 0 Å². The van der Waals surface area contributed by atoms with Gasteiger partial charge in [0, 0.05) is 13.5 Å². The van der Waals surface area contributed by atoms with Gasteiger partial charge < -0.3 is 4.43 Å². The molecule has 0 aliphatic carbocycles. The Balaban J connectivity index is 4.50. The van der Waals surface area contributed by atoms with Crippen LogP contribution in [0.1, 0.15) is 13.3 Å². The van der Waals surface area contributed by atoms with Crippen molar-refractivity contribution in [1.29, 1.82) is 0 Å². The normalized spacial score (nSPS) is 15.1. The Morgan fingerprint density at radius 2 is 1.84 bits per heavy atom. The van der Waals surface area contributed by atoms with Crippen molar-refractivity contribution in [2.75, 3.05) is 7.11 Å². The van der Waals surface area contributed by atoms with Gasteiger partial charge in [-0.25, -0.2) is 4.72 Å².